The molecule has 4 nitrogen and oxygen atoms in total. The van der Waals surface area contributed by atoms with Crippen LogP contribution in [0.4, 0.5) is 0 Å². The summed E-state index contributed by atoms with van der Waals surface area (Å²) in [5, 5.41) is 12.5. The Balaban J connectivity index is 1.94. The highest BCUT2D eigenvalue weighted by atomic mass is 16.3. The van der Waals surface area contributed by atoms with E-state index in [1.165, 1.54) is 6.42 Å². The number of amides is 1. The van der Waals surface area contributed by atoms with Gasteiger partial charge in [0.25, 0.3) is 0 Å². The van der Waals surface area contributed by atoms with E-state index in [4.69, 9.17) is 0 Å². The summed E-state index contributed by atoms with van der Waals surface area (Å²) in [6, 6.07) is 0.214. The normalized spacial score (nSPS) is 36.9. The number of carbonyl (C=O) groups excluding carboxylic acids is 1. The maximum absolute atomic E-state index is 12.1. The van der Waals surface area contributed by atoms with Gasteiger partial charge in [0.2, 0.25) is 5.91 Å². The van der Waals surface area contributed by atoms with E-state index < -0.39 is 0 Å². The zero-order valence-corrected chi connectivity index (χ0v) is 9.28. The first-order chi connectivity index (χ1) is 7.18. The van der Waals surface area contributed by atoms with Crippen LogP contribution in [0.2, 0.25) is 0 Å². The molecule has 0 aromatic carbocycles. The number of rotatable bonds is 1. The van der Waals surface area contributed by atoms with Gasteiger partial charge >= 0.3 is 0 Å². The van der Waals surface area contributed by atoms with Crippen LogP contribution in [-0.2, 0) is 4.79 Å². The molecule has 0 bridgehead atoms. The number of aliphatic hydroxyl groups excluding tert-OH is 1. The number of β-amino-alcohol motifs (C(OH)–C–C–N with tert-alkyl or cyclic N) is 1. The summed E-state index contributed by atoms with van der Waals surface area (Å²) in [5.74, 6) is 0.179. The van der Waals surface area contributed by atoms with Crippen LogP contribution in [0.1, 0.15) is 32.6 Å². The van der Waals surface area contributed by atoms with E-state index in [-0.39, 0.29) is 18.1 Å². The number of nitrogens with zero attached hydrogens (tertiary/aromatic N) is 1. The minimum atomic E-state index is -0.348. The van der Waals surface area contributed by atoms with Gasteiger partial charge in [-0.3, -0.25) is 4.79 Å². The Labute approximate surface area is 90.6 Å². The van der Waals surface area contributed by atoms with Crippen LogP contribution in [0.5, 0.6) is 0 Å². The monoisotopic (exact) mass is 212 g/mol. The number of hydrogen-bond donors (Lipinski definition) is 2. The van der Waals surface area contributed by atoms with E-state index in [0.29, 0.717) is 19.0 Å². The molecule has 3 atom stereocenters. The van der Waals surface area contributed by atoms with Crippen LogP contribution >= 0.6 is 0 Å². The Hall–Kier alpha value is -0.610. The zero-order chi connectivity index (χ0) is 10.8. The summed E-state index contributed by atoms with van der Waals surface area (Å²) in [5.41, 5.74) is 0. The molecule has 3 unspecified atom stereocenters. The van der Waals surface area contributed by atoms with Gasteiger partial charge in [0.05, 0.1) is 12.1 Å². The Bertz CT molecular complexity index is 245. The Morgan fingerprint density at radius 1 is 1.47 bits per heavy atom. The lowest BCUT2D eigenvalue weighted by Crippen LogP contribution is -2.49. The predicted octanol–water partition coefficient (Wildman–Crippen LogP) is 0.110. The van der Waals surface area contributed by atoms with Gasteiger partial charge in [-0.2, -0.15) is 0 Å². The average molecular weight is 212 g/mol. The van der Waals surface area contributed by atoms with Crippen molar-refractivity contribution in [3.8, 4) is 0 Å². The zero-order valence-electron chi connectivity index (χ0n) is 9.28. The number of nitrogens with one attached hydrogen (secondary N) is 1. The SMILES string of the molecule is CC1CCCCN1C(=O)C1CC(O)CN1. The van der Waals surface area contributed by atoms with Crippen molar-refractivity contribution < 1.29 is 9.90 Å². The first-order valence-corrected chi connectivity index (χ1v) is 5.90. The van der Waals surface area contributed by atoms with Crippen LogP contribution in [0.15, 0.2) is 0 Å². The molecule has 4 heteroatoms. The number of hydrogen-bond acceptors (Lipinski definition) is 3. The highest BCUT2D eigenvalue weighted by Crippen LogP contribution is 2.19. The molecule has 0 aliphatic carbocycles. The molecular weight excluding hydrogens is 192 g/mol. The van der Waals surface area contributed by atoms with Crippen LogP contribution in [0.25, 0.3) is 0 Å². The van der Waals surface area contributed by atoms with Crippen molar-refractivity contribution >= 4 is 5.91 Å². The van der Waals surface area contributed by atoms with Crippen molar-refractivity contribution in [1.29, 1.82) is 0 Å². The largest absolute Gasteiger partial charge is 0.392 e. The van der Waals surface area contributed by atoms with Gasteiger partial charge < -0.3 is 15.3 Å². The lowest BCUT2D eigenvalue weighted by Gasteiger charge is -2.35. The molecule has 2 rings (SSSR count). The molecule has 2 fully saturated rings. The summed E-state index contributed by atoms with van der Waals surface area (Å²) in [7, 11) is 0. The summed E-state index contributed by atoms with van der Waals surface area (Å²) in [4.78, 5) is 14.1. The van der Waals surface area contributed by atoms with Crippen molar-refractivity contribution in [2.24, 2.45) is 0 Å². The van der Waals surface area contributed by atoms with E-state index in [1.807, 2.05) is 4.90 Å². The summed E-state index contributed by atoms with van der Waals surface area (Å²) in [6.07, 6.45) is 3.68. The van der Waals surface area contributed by atoms with Crippen molar-refractivity contribution in [2.75, 3.05) is 13.1 Å². The fourth-order valence-electron chi connectivity index (χ4n) is 2.53. The van der Waals surface area contributed by atoms with Crippen LogP contribution in [0.3, 0.4) is 0 Å². The minimum Gasteiger partial charge on any atom is -0.392 e. The maximum Gasteiger partial charge on any atom is 0.240 e. The van der Waals surface area contributed by atoms with Crippen molar-refractivity contribution in [3.63, 3.8) is 0 Å². The second-order valence-electron chi connectivity index (χ2n) is 4.73. The van der Waals surface area contributed by atoms with E-state index in [0.717, 1.165) is 19.4 Å². The standard InChI is InChI=1S/C11H20N2O2/c1-8-4-2-3-5-13(8)11(15)10-6-9(14)7-12-10/h8-10,12,14H,2-7H2,1H3. The Kier molecular flexibility index (Phi) is 3.26. The molecule has 15 heavy (non-hydrogen) atoms. The minimum absolute atomic E-state index is 0.152. The van der Waals surface area contributed by atoms with Crippen molar-refractivity contribution in [1.82, 2.24) is 10.2 Å². The molecule has 0 aromatic heterocycles. The second kappa shape index (κ2) is 4.49. The third-order valence-electron chi connectivity index (χ3n) is 3.49. The summed E-state index contributed by atoms with van der Waals surface area (Å²) >= 11 is 0. The topological polar surface area (TPSA) is 52.6 Å². The van der Waals surface area contributed by atoms with Crippen molar-refractivity contribution in [2.45, 2.75) is 50.8 Å². The molecule has 2 saturated heterocycles. The van der Waals surface area contributed by atoms with Gasteiger partial charge in [-0.1, -0.05) is 0 Å². The van der Waals surface area contributed by atoms with Gasteiger partial charge in [0, 0.05) is 19.1 Å². The molecule has 0 radical (unpaired) electrons. The van der Waals surface area contributed by atoms with E-state index >= 15 is 0 Å². The summed E-state index contributed by atoms with van der Waals surface area (Å²) < 4.78 is 0. The number of likely N-dealkylation sites (tertiary alicyclic amines) is 1. The van der Waals surface area contributed by atoms with Gasteiger partial charge in [-0.15, -0.1) is 0 Å². The van der Waals surface area contributed by atoms with Gasteiger partial charge in [-0.25, -0.2) is 0 Å². The van der Waals surface area contributed by atoms with E-state index in [1.54, 1.807) is 0 Å². The molecule has 2 N–H and O–H groups in total. The third kappa shape index (κ3) is 2.32. The number of piperidine rings is 1. The molecular formula is C11H20N2O2. The molecule has 0 spiro atoms. The molecule has 2 aliphatic heterocycles. The first kappa shape index (κ1) is 10.9. The fraction of sp³-hybridized carbons (Fsp3) is 0.909. The van der Waals surface area contributed by atoms with E-state index in [9.17, 15) is 9.90 Å². The molecule has 0 aromatic rings. The molecule has 2 aliphatic rings. The molecule has 86 valence electrons. The summed E-state index contributed by atoms with van der Waals surface area (Å²) in [6.45, 7) is 3.55. The highest BCUT2D eigenvalue weighted by molar-refractivity contribution is 5.82. The smallest absolute Gasteiger partial charge is 0.240 e. The Morgan fingerprint density at radius 2 is 2.27 bits per heavy atom. The molecule has 0 saturated carbocycles. The maximum atomic E-state index is 12.1. The number of aliphatic hydroxyl groups is 1. The number of carbonyl (C=O) groups is 1. The van der Waals surface area contributed by atoms with Gasteiger partial charge in [0.1, 0.15) is 0 Å². The van der Waals surface area contributed by atoms with Crippen LogP contribution in [-0.4, -0.2) is 47.2 Å². The van der Waals surface area contributed by atoms with E-state index in [2.05, 4.69) is 12.2 Å². The lowest BCUT2D eigenvalue weighted by atomic mass is 10.0. The van der Waals surface area contributed by atoms with Crippen molar-refractivity contribution in [3.05, 3.63) is 0 Å². The fourth-order valence-corrected chi connectivity index (χ4v) is 2.53. The highest BCUT2D eigenvalue weighted by Gasteiger charge is 2.33. The van der Waals surface area contributed by atoms with Crippen LogP contribution < -0.4 is 5.32 Å². The second-order valence-corrected chi connectivity index (χ2v) is 4.73. The first-order valence-electron chi connectivity index (χ1n) is 5.90. The van der Waals surface area contributed by atoms with Crippen LogP contribution in [0, 0.1) is 0 Å². The predicted molar refractivity (Wildman–Crippen MR) is 57.4 cm³/mol. The van der Waals surface area contributed by atoms with Gasteiger partial charge in [0.15, 0.2) is 0 Å². The van der Waals surface area contributed by atoms with Gasteiger partial charge in [-0.05, 0) is 32.6 Å². The average Bonchev–Trinajstić information content (AvgIpc) is 2.65. The third-order valence-corrected chi connectivity index (χ3v) is 3.49. The quantitative estimate of drug-likeness (QED) is 0.648. The lowest BCUT2D eigenvalue weighted by molar-refractivity contribution is -0.136. The Morgan fingerprint density at radius 3 is 2.87 bits per heavy atom. The molecule has 1 amide bonds. The molecule has 2 heterocycles.